The molecule has 2 atom stereocenters. The van der Waals surface area contributed by atoms with Crippen LogP contribution in [0.2, 0.25) is 0 Å². The molecular weight excluding hydrogens is 256 g/mol. The summed E-state index contributed by atoms with van der Waals surface area (Å²) in [5.74, 6) is 0. The lowest BCUT2D eigenvalue weighted by molar-refractivity contribution is 0.0292. The molecule has 5 nitrogen and oxygen atoms in total. The standard InChI is InChI=1S/C15H30N2O3/c1-15(2,3)20-14(18)17(4)10-9-16-12-7-6-8-13(11-12)19-5/h12-13,16H,6-11H2,1-5H3. The maximum Gasteiger partial charge on any atom is 0.410 e. The molecule has 0 saturated heterocycles. The molecule has 0 aliphatic heterocycles. The molecule has 0 aromatic heterocycles. The van der Waals surface area contributed by atoms with E-state index < -0.39 is 5.60 Å². The number of hydrogen-bond acceptors (Lipinski definition) is 4. The van der Waals surface area contributed by atoms with Crippen LogP contribution < -0.4 is 5.32 Å². The van der Waals surface area contributed by atoms with E-state index in [2.05, 4.69) is 5.32 Å². The quantitative estimate of drug-likeness (QED) is 0.843. The van der Waals surface area contributed by atoms with Gasteiger partial charge in [0, 0.05) is 33.3 Å². The lowest BCUT2D eigenvalue weighted by Gasteiger charge is -2.30. The summed E-state index contributed by atoms with van der Waals surface area (Å²) in [5.41, 5.74) is -0.437. The lowest BCUT2D eigenvalue weighted by Crippen LogP contribution is -2.42. The molecule has 0 aromatic rings. The molecule has 1 saturated carbocycles. The van der Waals surface area contributed by atoms with Crippen molar-refractivity contribution in [2.45, 2.75) is 64.2 Å². The smallest absolute Gasteiger partial charge is 0.410 e. The Morgan fingerprint density at radius 2 is 2.05 bits per heavy atom. The van der Waals surface area contributed by atoms with Crippen molar-refractivity contribution in [3.63, 3.8) is 0 Å². The van der Waals surface area contributed by atoms with E-state index in [-0.39, 0.29) is 6.09 Å². The zero-order valence-corrected chi connectivity index (χ0v) is 13.6. The molecule has 1 N–H and O–H groups in total. The van der Waals surface area contributed by atoms with Crippen molar-refractivity contribution < 1.29 is 14.3 Å². The van der Waals surface area contributed by atoms with Gasteiger partial charge in [0.15, 0.2) is 0 Å². The molecule has 1 aliphatic rings. The molecule has 20 heavy (non-hydrogen) atoms. The number of carbonyl (C=O) groups is 1. The number of carbonyl (C=O) groups excluding carboxylic acids is 1. The number of hydrogen-bond donors (Lipinski definition) is 1. The van der Waals surface area contributed by atoms with Crippen molar-refractivity contribution in [3.05, 3.63) is 0 Å². The van der Waals surface area contributed by atoms with Gasteiger partial charge in [0.05, 0.1) is 6.10 Å². The third-order valence-electron chi connectivity index (χ3n) is 3.54. The first-order valence-electron chi connectivity index (χ1n) is 7.52. The maximum absolute atomic E-state index is 11.8. The highest BCUT2D eigenvalue weighted by Crippen LogP contribution is 2.20. The minimum atomic E-state index is -0.437. The highest BCUT2D eigenvalue weighted by Gasteiger charge is 2.22. The van der Waals surface area contributed by atoms with Crippen LogP contribution in [-0.4, -0.2) is 56.0 Å². The first kappa shape index (κ1) is 17.2. The molecule has 1 rings (SSSR count). The number of nitrogens with one attached hydrogen (secondary N) is 1. The fourth-order valence-corrected chi connectivity index (χ4v) is 2.41. The first-order valence-corrected chi connectivity index (χ1v) is 7.52. The number of rotatable bonds is 5. The largest absolute Gasteiger partial charge is 0.444 e. The molecule has 1 aliphatic carbocycles. The third-order valence-corrected chi connectivity index (χ3v) is 3.54. The van der Waals surface area contributed by atoms with Crippen LogP contribution in [0.1, 0.15) is 46.5 Å². The van der Waals surface area contributed by atoms with E-state index in [0.29, 0.717) is 18.7 Å². The summed E-state index contributed by atoms with van der Waals surface area (Å²) < 4.78 is 10.7. The SMILES string of the molecule is COC1CCCC(NCCN(C)C(=O)OC(C)(C)C)C1. The highest BCUT2D eigenvalue weighted by molar-refractivity contribution is 5.67. The van der Waals surface area contributed by atoms with E-state index in [1.54, 1.807) is 19.1 Å². The van der Waals surface area contributed by atoms with Crippen LogP contribution in [0.15, 0.2) is 0 Å². The molecule has 5 heteroatoms. The van der Waals surface area contributed by atoms with Crippen molar-refractivity contribution in [3.8, 4) is 0 Å². The van der Waals surface area contributed by atoms with Gasteiger partial charge < -0.3 is 19.7 Å². The van der Waals surface area contributed by atoms with E-state index in [9.17, 15) is 4.79 Å². The Kier molecular flexibility index (Phi) is 6.76. The summed E-state index contributed by atoms with van der Waals surface area (Å²) >= 11 is 0. The molecule has 118 valence electrons. The predicted molar refractivity (Wildman–Crippen MR) is 79.9 cm³/mol. The Morgan fingerprint density at radius 3 is 2.65 bits per heavy atom. The second kappa shape index (κ2) is 7.84. The zero-order valence-electron chi connectivity index (χ0n) is 13.6. The van der Waals surface area contributed by atoms with Crippen LogP contribution in [0.4, 0.5) is 4.79 Å². The van der Waals surface area contributed by atoms with E-state index in [1.807, 2.05) is 20.8 Å². The van der Waals surface area contributed by atoms with Gasteiger partial charge in [-0.15, -0.1) is 0 Å². The summed E-state index contributed by atoms with van der Waals surface area (Å²) in [5, 5.41) is 3.51. The van der Waals surface area contributed by atoms with Crippen molar-refractivity contribution in [1.82, 2.24) is 10.2 Å². The highest BCUT2D eigenvalue weighted by atomic mass is 16.6. The van der Waals surface area contributed by atoms with Crippen molar-refractivity contribution in [2.75, 3.05) is 27.2 Å². The first-order chi connectivity index (χ1) is 9.31. The van der Waals surface area contributed by atoms with Crippen LogP contribution in [0.25, 0.3) is 0 Å². The Labute approximate surface area is 123 Å². The minimum absolute atomic E-state index is 0.266. The molecule has 0 heterocycles. The Morgan fingerprint density at radius 1 is 1.35 bits per heavy atom. The summed E-state index contributed by atoms with van der Waals surface area (Å²) in [6.07, 6.45) is 4.73. The fraction of sp³-hybridized carbons (Fsp3) is 0.933. The van der Waals surface area contributed by atoms with Crippen LogP contribution in [0, 0.1) is 0 Å². The van der Waals surface area contributed by atoms with Crippen LogP contribution in [0.5, 0.6) is 0 Å². The maximum atomic E-state index is 11.8. The molecule has 0 aromatic carbocycles. The van der Waals surface area contributed by atoms with Crippen molar-refractivity contribution in [1.29, 1.82) is 0 Å². The lowest BCUT2D eigenvalue weighted by atomic mass is 9.93. The number of likely N-dealkylation sites (N-methyl/N-ethyl adjacent to an activating group) is 1. The molecule has 0 radical (unpaired) electrons. The predicted octanol–water partition coefficient (Wildman–Crippen LogP) is 2.40. The molecular formula is C15H30N2O3. The van der Waals surface area contributed by atoms with Gasteiger partial charge in [-0.25, -0.2) is 4.79 Å². The average molecular weight is 286 g/mol. The number of nitrogens with zero attached hydrogens (tertiary/aromatic N) is 1. The third kappa shape index (κ3) is 6.57. The Bertz CT molecular complexity index is 302. The average Bonchev–Trinajstić information content (AvgIpc) is 2.37. The van der Waals surface area contributed by atoms with Gasteiger partial charge in [0.2, 0.25) is 0 Å². The topological polar surface area (TPSA) is 50.8 Å². The summed E-state index contributed by atoms with van der Waals surface area (Å²) in [6.45, 7) is 7.08. The van der Waals surface area contributed by atoms with Crippen molar-refractivity contribution >= 4 is 6.09 Å². The second-order valence-corrected chi connectivity index (χ2v) is 6.58. The van der Waals surface area contributed by atoms with E-state index in [1.165, 1.54) is 12.8 Å². The van der Waals surface area contributed by atoms with Gasteiger partial charge in [-0.05, 0) is 46.5 Å². The molecule has 1 fully saturated rings. The van der Waals surface area contributed by atoms with E-state index in [4.69, 9.17) is 9.47 Å². The summed E-state index contributed by atoms with van der Waals surface area (Å²) in [7, 11) is 3.55. The normalized spacial score (nSPS) is 23.4. The number of ether oxygens (including phenoxy) is 2. The molecule has 1 amide bonds. The van der Waals surface area contributed by atoms with Crippen molar-refractivity contribution in [2.24, 2.45) is 0 Å². The summed E-state index contributed by atoms with van der Waals surface area (Å²) in [6, 6.07) is 0.501. The van der Waals surface area contributed by atoms with Crippen LogP contribution >= 0.6 is 0 Å². The fourth-order valence-electron chi connectivity index (χ4n) is 2.41. The van der Waals surface area contributed by atoms with Crippen LogP contribution in [-0.2, 0) is 9.47 Å². The zero-order chi connectivity index (χ0) is 15.2. The van der Waals surface area contributed by atoms with Gasteiger partial charge in [0.25, 0.3) is 0 Å². The monoisotopic (exact) mass is 286 g/mol. The van der Waals surface area contributed by atoms with Crippen LogP contribution in [0.3, 0.4) is 0 Å². The Hall–Kier alpha value is -0.810. The van der Waals surface area contributed by atoms with E-state index in [0.717, 1.165) is 19.4 Å². The number of methoxy groups -OCH3 is 1. The van der Waals surface area contributed by atoms with Gasteiger partial charge in [-0.1, -0.05) is 0 Å². The second-order valence-electron chi connectivity index (χ2n) is 6.58. The summed E-state index contributed by atoms with van der Waals surface area (Å²) in [4.78, 5) is 13.4. The molecule has 0 bridgehead atoms. The molecule has 0 spiro atoms. The molecule has 2 unspecified atom stereocenters. The van der Waals surface area contributed by atoms with Gasteiger partial charge in [-0.3, -0.25) is 0 Å². The van der Waals surface area contributed by atoms with E-state index >= 15 is 0 Å². The van der Waals surface area contributed by atoms with Gasteiger partial charge in [-0.2, -0.15) is 0 Å². The van der Waals surface area contributed by atoms with Gasteiger partial charge >= 0.3 is 6.09 Å². The number of amides is 1. The minimum Gasteiger partial charge on any atom is -0.444 e. The Balaban J connectivity index is 2.21. The van der Waals surface area contributed by atoms with Gasteiger partial charge in [0.1, 0.15) is 5.60 Å².